The van der Waals surface area contributed by atoms with E-state index < -0.39 is 0 Å². The number of hydrogen-bond acceptors (Lipinski definition) is 4. The third-order valence-corrected chi connectivity index (χ3v) is 6.28. The highest BCUT2D eigenvalue weighted by atomic mass is 16.7. The molecule has 0 amide bonds. The van der Waals surface area contributed by atoms with E-state index in [0.29, 0.717) is 12.7 Å². The minimum atomic E-state index is 0.351. The molecule has 28 heavy (non-hydrogen) atoms. The van der Waals surface area contributed by atoms with Gasteiger partial charge < -0.3 is 14.4 Å². The Balaban J connectivity index is 1.15. The van der Waals surface area contributed by atoms with Crippen LogP contribution in [0.2, 0.25) is 0 Å². The first-order chi connectivity index (χ1) is 13.8. The van der Waals surface area contributed by atoms with Crippen molar-refractivity contribution in [1.82, 2.24) is 9.80 Å². The number of rotatable bonds is 4. The van der Waals surface area contributed by atoms with Crippen molar-refractivity contribution >= 4 is 0 Å². The second-order valence-corrected chi connectivity index (χ2v) is 8.03. The van der Waals surface area contributed by atoms with Crippen LogP contribution in [0, 0.1) is 0 Å². The summed E-state index contributed by atoms with van der Waals surface area (Å²) in [6.45, 7) is 6.01. The first kappa shape index (κ1) is 17.6. The van der Waals surface area contributed by atoms with Crippen LogP contribution >= 0.6 is 0 Å². The predicted octanol–water partition coefficient (Wildman–Crippen LogP) is 4.38. The van der Waals surface area contributed by atoms with Gasteiger partial charge in [-0.05, 0) is 48.4 Å². The summed E-state index contributed by atoms with van der Waals surface area (Å²) in [4.78, 5) is 5.18. The van der Waals surface area contributed by atoms with E-state index in [4.69, 9.17) is 9.47 Å². The molecule has 1 atom stereocenters. The molecule has 0 spiro atoms. The Morgan fingerprint density at radius 1 is 0.893 bits per heavy atom. The van der Waals surface area contributed by atoms with Crippen molar-refractivity contribution in [1.29, 1.82) is 0 Å². The van der Waals surface area contributed by atoms with Gasteiger partial charge in [-0.15, -0.1) is 0 Å². The molecule has 2 aliphatic heterocycles. The molecule has 1 aliphatic carbocycles. The van der Waals surface area contributed by atoms with Crippen molar-refractivity contribution in [3.63, 3.8) is 0 Å². The number of fused-ring (bicyclic) bond motifs is 1. The second-order valence-electron chi connectivity index (χ2n) is 8.03. The van der Waals surface area contributed by atoms with E-state index in [1.807, 2.05) is 0 Å². The van der Waals surface area contributed by atoms with Gasteiger partial charge in [-0.2, -0.15) is 0 Å². The van der Waals surface area contributed by atoms with Gasteiger partial charge in [0.2, 0.25) is 6.79 Å². The van der Waals surface area contributed by atoms with Crippen molar-refractivity contribution < 1.29 is 9.47 Å². The Bertz CT molecular complexity index is 841. The minimum absolute atomic E-state index is 0.351. The van der Waals surface area contributed by atoms with Crippen molar-refractivity contribution in [2.75, 3.05) is 33.0 Å². The highest BCUT2D eigenvalue weighted by molar-refractivity contribution is 5.45. The fourth-order valence-corrected chi connectivity index (χ4v) is 4.61. The lowest BCUT2D eigenvalue weighted by atomic mass is 9.86. The van der Waals surface area contributed by atoms with E-state index in [9.17, 15) is 0 Å². The Morgan fingerprint density at radius 3 is 2.50 bits per heavy atom. The Hall–Kier alpha value is -2.46. The average Bonchev–Trinajstić information content (AvgIpc) is 3.23. The van der Waals surface area contributed by atoms with Crippen LogP contribution in [0.1, 0.15) is 36.3 Å². The van der Waals surface area contributed by atoms with Crippen LogP contribution in [-0.4, -0.2) is 42.8 Å². The molecule has 1 saturated heterocycles. The van der Waals surface area contributed by atoms with Crippen LogP contribution in [0.3, 0.4) is 0 Å². The third kappa shape index (κ3) is 3.74. The summed E-state index contributed by atoms with van der Waals surface area (Å²) in [6.07, 6.45) is 6.00. The molecular formula is C24H28N2O2. The highest BCUT2D eigenvalue weighted by Crippen LogP contribution is 2.39. The van der Waals surface area contributed by atoms with Gasteiger partial charge in [0, 0.05) is 38.4 Å². The zero-order valence-corrected chi connectivity index (χ0v) is 16.3. The van der Waals surface area contributed by atoms with Crippen molar-refractivity contribution in [2.45, 2.75) is 31.7 Å². The predicted molar refractivity (Wildman–Crippen MR) is 111 cm³/mol. The van der Waals surface area contributed by atoms with Crippen LogP contribution in [0.15, 0.2) is 60.3 Å². The molecule has 4 nitrogen and oxygen atoms in total. The fraction of sp³-hybridized carbons (Fsp3) is 0.417. The number of allylic oxidation sites excluding steroid dienone is 2. The van der Waals surface area contributed by atoms with E-state index in [1.54, 1.807) is 5.70 Å². The fourth-order valence-electron chi connectivity index (χ4n) is 4.61. The highest BCUT2D eigenvalue weighted by Gasteiger charge is 2.24. The van der Waals surface area contributed by atoms with Gasteiger partial charge in [0.15, 0.2) is 11.5 Å². The molecule has 0 N–H and O–H groups in total. The Labute approximate surface area is 167 Å². The first-order valence-electron chi connectivity index (χ1n) is 10.4. The lowest BCUT2D eigenvalue weighted by molar-refractivity contribution is 0.147. The number of ether oxygens (including phenoxy) is 2. The largest absolute Gasteiger partial charge is 0.454 e. The zero-order chi connectivity index (χ0) is 18.8. The summed E-state index contributed by atoms with van der Waals surface area (Å²) in [5.41, 5.74) is 4.35. The van der Waals surface area contributed by atoms with Gasteiger partial charge in [-0.25, -0.2) is 0 Å². The smallest absolute Gasteiger partial charge is 0.231 e. The molecule has 1 fully saturated rings. The zero-order valence-electron chi connectivity index (χ0n) is 16.3. The molecule has 0 bridgehead atoms. The Morgan fingerprint density at radius 2 is 1.71 bits per heavy atom. The molecule has 146 valence electrons. The van der Waals surface area contributed by atoms with E-state index in [0.717, 1.165) is 50.6 Å². The summed E-state index contributed by atoms with van der Waals surface area (Å²) in [7, 11) is 0. The summed E-state index contributed by atoms with van der Waals surface area (Å²) in [5.74, 6) is 2.38. The van der Waals surface area contributed by atoms with Crippen LogP contribution in [0.25, 0.3) is 0 Å². The lowest BCUT2D eigenvalue weighted by Gasteiger charge is -2.39. The molecule has 2 heterocycles. The lowest BCUT2D eigenvalue weighted by Crippen LogP contribution is -2.45. The van der Waals surface area contributed by atoms with Crippen molar-refractivity contribution in [3.05, 3.63) is 71.4 Å². The number of piperazine rings is 1. The van der Waals surface area contributed by atoms with E-state index in [1.165, 1.54) is 24.0 Å². The van der Waals surface area contributed by atoms with E-state index in [2.05, 4.69) is 64.4 Å². The summed E-state index contributed by atoms with van der Waals surface area (Å²) < 4.78 is 11.0. The maximum Gasteiger partial charge on any atom is 0.231 e. The molecule has 0 aromatic heterocycles. The van der Waals surface area contributed by atoms with Crippen LogP contribution < -0.4 is 9.47 Å². The topological polar surface area (TPSA) is 24.9 Å². The average molecular weight is 377 g/mol. The maximum atomic E-state index is 5.55. The van der Waals surface area contributed by atoms with E-state index >= 15 is 0 Å². The van der Waals surface area contributed by atoms with Gasteiger partial charge in [0.1, 0.15) is 0 Å². The SMILES string of the molecule is C1=C(N2CCN(Cc3ccccc3)CC2)CCC(c2ccc3c(c2)OCO3)C1. The van der Waals surface area contributed by atoms with Crippen LogP contribution in [0.5, 0.6) is 11.5 Å². The molecular weight excluding hydrogens is 348 g/mol. The number of nitrogens with zero attached hydrogens (tertiary/aromatic N) is 2. The van der Waals surface area contributed by atoms with Gasteiger partial charge in [0.05, 0.1) is 0 Å². The molecule has 4 heteroatoms. The molecule has 3 aliphatic rings. The Kier molecular flexibility index (Phi) is 4.96. The standard InChI is InChI=1S/C24H28N2O2/c1-2-4-19(5-3-1)17-25-12-14-26(15-13-25)22-9-6-20(7-10-22)21-8-11-23-24(16-21)28-18-27-23/h1-5,8-9,11,16,20H,6-7,10,12-15,17-18H2. The molecule has 5 rings (SSSR count). The van der Waals surface area contributed by atoms with Crippen LogP contribution in [0.4, 0.5) is 0 Å². The quantitative estimate of drug-likeness (QED) is 0.790. The molecule has 1 unspecified atom stereocenters. The van der Waals surface area contributed by atoms with Gasteiger partial charge in [-0.3, -0.25) is 4.90 Å². The summed E-state index contributed by atoms with van der Waals surface area (Å²) in [5, 5.41) is 0. The number of hydrogen-bond donors (Lipinski definition) is 0. The van der Waals surface area contributed by atoms with Crippen molar-refractivity contribution in [3.8, 4) is 11.5 Å². The van der Waals surface area contributed by atoms with E-state index in [-0.39, 0.29) is 0 Å². The monoisotopic (exact) mass is 376 g/mol. The molecule has 2 aromatic rings. The second kappa shape index (κ2) is 7.88. The molecule has 2 aromatic carbocycles. The first-order valence-corrected chi connectivity index (χ1v) is 10.4. The minimum Gasteiger partial charge on any atom is -0.454 e. The summed E-state index contributed by atoms with van der Waals surface area (Å²) in [6, 6.07) is 17.3. The maximum absolute atomic E-state index is 5.55. The summed E-state index contributed by atoms with van der Waals surface area (Å²) >= 11 is 0. The van der Waals surface area contributed by atoms with Gasteiger partial charge >= 0.3 is 0 Å². The van der Waals surface area contributed by atoms with Gasteiger partial charge in [-0.1, -0.05) is 42.5 Å². The van der Waals surface area contributed by atoms with Crippen LogP contribution in [-0.2, 0) is 6.54 Å². The number of benzene rings is 2. The third-order valence-electron chi connectivity index (χ3n) is 6.28. The van der Waals surface area contributed by atoms with Gasteiger partial charge in [0.25, 0.3) is 0 Å². The molecule has 0 radical (unpaired) electrons. The van der Waals surface area contributed by atoms with Crippen molar-refractivity contribution in [2.24, 2.45) is 0 Å². The normalized spacial score (nSPS) is 22.2. The molecule has 0 saturated carbocycles.